The molecular formula is C18H15ClN4OS. The Bertz CT molecular complexity index is 934. The summed E-state index contributed by atoms with van der Waals surface area (Å²) in [4.78, 5) is 20.9. The molecule has 0 radical (unpaired) electrons. The van der Waals surface area contributed by atoms with Gasteiger partial charge < -0.3 is 5.73 Å². The van der Waals surface area contributed by atoms with Crippen molar-refractivity contribution in [3.8, 4) is 0 Å². The summed E-state index contributed by atoms with van der Waals surface area (Å²) in [6.45, 7) is 0. The first kappa shape index (κ1) is 16.1. The summed E-state index contributed by atoms with van der Waals surface area (Å²) in [6.07, 6.45) is 0.807. The van der Waals surface area contributed by atoms with Gasteiger partial charge in [-0.1, -0.05) is 47.2 Å². The van der Waals surface area contributed by atoms with E-state index in [-0.39, 0.29) is 23.7 Å². The van der Waals surface area contributed by atoms with E-state index in [0.29, 0.717) is 10.2 Å². The van der Waals surface area contributed by atoms with Crippen molar-refractivity contribution in [2.45, 2.75) is 12.3 Å². The van der Waals surface area contributed by atoms with E-state index in [1.807, 2.05) is 48.5 Å². The molecule has 0 saturated heterocycles. The zero-order valence-corrected chi connectivity index (χ0v) is 14.7. The second-order valence-electron chi connectivity index (χ2n) is 5.95. The lowest BCUT2D eigenvalue weighted by Crippen LogP contribution is -2.37. The quantitative estimate of drug-likeness (QED) is 0.543. The van der Waals surface area contributed by atoms with E-state index in [2.05, 4.69) is 15.3 Å². The molecule has 1 fully saturated rings. The summed E-state index contributed by atoms with van der Waals surface area (Å²) in [7, 11) is 0. The van der Waals surface area contributed by atoms with Gasteiger partial charge in [-0.3, -0.25) is 10.1 Å². The molecule has 1 heterocycles. The van der Waals surface area contributed by atoms with E-state index in [0.717, 1.165) is 22.2 Å². The lowest BCUT2D eigenvalue weighted by Gasteiger charge is -2.03. The van der Waals surface area contributed by atoms with Crippen LogP contribution >= 0.6 is 22.9 Å². The molecule has 0 bridgehead atoms. The zero-order valence-electron chi connectivity index (χ0n) is 13.1. The molecule has 7 heteroatoms. The fourth-order valence-electron chi connectivity index (χ4n) is 2.82. The SMILES string of the molecule is N/C(=N\c1nc2ccccc2s1)NC(=O)[C@H]1C[C@@H]1c1ccc(Cl)cc1. The van der Waals surface area contributed by atoms with Crippen LogP contribution in [-0.4, -0.2) is 16.9 Å². The fraction of sp³-hybridized carbons (Fsp3) is 0.167. The second kappa shape index (κ2) is 6.46. The maximum Gasteiger partial charge on any atom is 0.230 e. The summed E-state index contributed by atoms with van der Waals surface area (Å²) >= 11 is 7.33. The van der Waals surface area contributed by atoms with Crippen LogP contribution in [0.5, 0.6) is 0 Å². The zero-order chi connectivity index (χ0) is 17.4. The minimum absolute atomic E-state index is 0.0748. The number of guanidine groups is 1. The van der Waals surface area contributed by atoms with Gasteiger partial charge in [-0.25, -0.2) is 4.98 Å². The molecule has 126 valence electrons. The van der Waals surface area contributed by atoms with E-state index < -0.39 is 0 Å². The Morgan fingerprint density at radius 1 is 1.24 bits per heavy atom. The molecule has 0 unspecified atom stereocenters. The van der Waals surface area contributed by atoms with Crippen molar-refractivity contribution in [3.05, 3.63) is 59.1 Å². The molecular weight excluding hydrogens is 356 g/mol. The van der Waals surface area contributed by atoms with Gasteiger partial charge in [-0.15, -0.1) is 0 Å². The number of nitrogens with two attached hydrogens (primary N) is 1. The van der Waals surface area contributed by atoms with E-state index in [1.165, 1.54) is 11.3 Å². The number of nitrogens with one attached hydrogen (secondary N) is 1. The van der Waals surface area contributed by atoms with Crippen LogP contribution in [0, 0.1) is 5.92 Å². The Labute approximate surface area is 153 Å². The Hall–Kier alpha value is -2.44. The van der Waals surface area contributed by atoms with Crippen LogP contribution in [0.15, 0.2) is 53.5 Å². The summed E-state index contributed by atoms with van der Waals surface area (Å²) in [5.74, 6) is 0.103. The number of hydrogen-bond acceptors (Lipinski definition) is 4. The number of carbonyl (C=O) groups is 1. The number of benzene rings is 2. The number of halogens is 1. The first-order chi connectivity index (χ1) is 12.1. The Morgan fingerprint density at radius 2 is 2.00 bits per heavy atom. The monoisotopic (exact) mass is 370 g/mol. The number of carbonyl (C=O) groups excluding carboxylic acids is 1. The summed E-state index contributed by atoms with van der Waals surface area (Å²) in [6, 6.07) is 15.4. The molecule has 2 atom stereocenters. The lowest BCUT2D eigenvalue weighted by atomic mass is 10.1. The van der Waals surface area contributed by atoms with Crippen LogP contribution in [0.4, 0.5) is 5.13 Å². The highest BCUT2D eigenvalue weighted by molar-refractivity contribution is 7.22. The van der Waals surface area contributed by atoms with Crippen molar-refractivity contribution in [1.82, 2.24) is 10.3 Å². The molecule has 2 aromatic carbocycles. The average Bonchev–Trinajstić information content (AvgIpc) is 3.28. The number of para-hydroxylation sites is 1. The van der Waals surface area contributed by atoms with Gasteiger partial charge in [0.05, 0.1) is 10.2 Å². The summed E-state index contributed by atoms with van der Waals surface area (Å²) in [5.41, 5.74) is 7.85. The summed E-state index contributed by atoms with van der Waals surface area (Å²) < 4.78 is 1.03. The molecule has 1 aliphatic rings. The maximum atomic E-state index is 12.3. The van der Waals surface area contributed by atoms with Gasteiger partial charge in [-0.05, 0) is 42.2 Å². The number of thiazole rings is 1. The van der Waals surface area contributed by atoms with E-state index in [4.69, 9.17) is 17.3 Å². The normalized spacial score (nSPS) is 19.8. The first-order valence-corrected chi connectivity index (χ1v) is 9.05. The molecule has 1 saturated carbocycles. The largest absolute Gasteiger partial charge is 0.369 e. The average molecular weight is 371 g/mol. The minimum Gasteiger partial charge on any atom is -0.369 e. The highest BCUT2D eigenvalue weighted by Gasteiger charge is 2.44. The Morgan fingerprint density at radius 3 is 2.76 bits per heavy atom. The van der Waals surface area contributed by atoms with Crippen molar-refractivity contribution in [3.63, 3.8) is 0 Å². The smallest absolute Gasteiger partial charge is 0.230 e. The van der Waals surface area contributed by atoms with Gasteiger partial charge in [0.25, 0.3) is 0 Å². The molecule has 1 aromatic heterocycles. The van der Waals surface area contributed by atoms with Crippen molar-refractivity contribution in [2.24, 2.45) is 16.6 Å². The lowest BCUT2D eigenvalue weighted by molar-refractivity contribution is -0.121. The molecule has 0 aliphatic heterocycles. The standard InChI is InChI=1S/C18H15ClN4OS/c19-11-7-5-10(6-8-11)12-9-13(12)16(24)22-17(20)23-18-21-14-3-1-2-4-15(14)25-18/h1-8,12-13H,9H2,(H3,20,21,22,23,24)/t12-,13+/m1/s1. The molecule has 25 heavy (non-hydrogen) atoms. The van der Waals surface area contributed by atoms with Gasteiger partial charge in [-0.2, -0.15) is 4.99 Å². The van der Waals surface area contributed by atoms with Crippen molar-refractivity contribution in [2.75, 3.05) is 0 Å². The molecule has 3 aromatic rings. The maximum absolute atomic E-state index is 12.3. The predicted octanol–water partition coefficient (Wildman–Crippen LogP) is 3.82. The van der Waals surface area contributed by atoms with Gasteiger partial charge >= 0.3 is 0 Å². The third-order valence-corrected chi connectivity index (χ3v) is 5.36. The third-order valence-electron chi connectivity index (χ3n) is 4.18. The van der Waals surface area contributed by atoms with Crippen LogP contribution in [0.25, 0.3) is 10.2 Å². The fourth-order valence-corrected chi connectivity index (χ4v) is 3.80. The van der Waals surface area contributed by atoms with Crippen LogP contribution in [0.3, 0.4) is 0 Å². The van der Waals surface area contributed by atoms with Gasteiger partial charge in [0.1, 0.15) is 0 Å². The topological polar surface area (TPSA) is 80.4 Å². The van der Waals surface area contributed by atoms with Crippen LogP contribution in [0.2, 0.25) is 5.02 Å². The van der Waals surface area contributed by atoms with Gasteiger partial charge in [0.2, 0.25) is 17.0 Å². The number of nitrogens with zero attached hydrogens (tertiary/aromatic N) is 2. The number of rotatable bonds is 3. The molecule has 1 amide bonds. The number of aliphatic imine (C=N–C) groups is 1. The van der Waals surface area contributed by atoms with E-state index in [1.54, 1.807) is 0 Å². The van der Waals surface area contributed by atoms with Crippen molar-refractivity contribution in [1.29, 1.82) is 0 Å². The molecule has 0 spiro atoms. The molecule has 4 rings (SSSR count). The van der Waals surface area contributed by atoms with Gasteiger partial charge in [0.15, 0.2) is 0 Å². The highest BCUT2D eigenvalue weighted by atomic mass is 35.5. The van der Waals surface area contributed by atoms with Crippen LogP contribution in [-0.2, 0) is 4.79 Å². The molecule has 3 N–H and O–H groups in total. The second-order valence-corrected chi connectivity index (χ2v) is 7.40. The van der Waals surface area contributed by atoms with Gasteiger partial charge in [0, 0.05) is 10.9 Å². The molecule has 1 aliphatic carbocycles. The number of fused-ring (bicyclic) bond motifs is 1. The van der Waals surface area contributed by atoms with Crippen LogP contribution in [0.1, 0.15) is 17.9 Å². The third kappa shape index (κ3) is 3.50. The van der Waals surface area contributed by atoms with Crippen LogP contribution < -0.4 is 11.1 Å². The predicted molar refractivity (Wildman–Crippen MR) is 101 cm³/mol. The highest BCUT2D eigenvalue weighted by Crippen LogP contribution is 2.47. The Balaban J connectivity index is 1.41. The van der Waals surface area contributed by atoms with Crippen molar-refractivity contribution >= 4 is 50.2 Å². The number of aromatic nitrogens is 1. The molecule has 5 nitrogen and oxygen atoms in total. The van der Waals surface area contributed by atoms with E-state index >= 15 is 0 Å². The first-order valence-electron chi connectivity index (χ1n) is 7.86. The van der Waals surface area contributed by atoms with Crippen molar-refractivity contribution < 1.29 is 4.79 Å². The Kier molecular flexibility index (Phi) is 4.15. The summed E-state index contributed by atoms with van der Waals surface area (Å²) in [5, 5.41) is 3.90. The number of amides is 1. The number of hydrogen-bond donors (Lipinski definition) is 2. The van der Waals surface area contributed by atoms with E-state index in [9.17, 15) is 4.79 Å². The minimum atomic E-state index is -0.109.